The summed E-state index contributed by atoms with van der Waals surface area (Å²) in [5.74, 6) is 0. The van der Waals surface area contributed by atoms with E-state index in [4.69, 9.17) is 0 Å². The number of nitrogens with zero attached hydrogens (tertiary/aromatic N) is 4. The molecule has 1 N–H and O–H groups in total. The SMILES string of the molecule is c1cnc2ccc(-n3cc(CNC4CC4)nn3)cc2c1. The van der Waals surface area contributed by atoms with E-state index in [-0.39, 0.29) is 0 Å². The molecule has 3 aromatic rings. The monoisotopic (exact) mass is 265 g/mol. The van der Waals surface area contributed by atoms with Crippen LogP contribution in [0.1, 0.15) is 18.5 Å². The van der Waals surface area contributed by atoms with Crippen molar-refractivity contribution in [1.82, 2.24) is 25.3 Å². The lowest BCUT2D eigenvalue weighted by Gasteiger charge is -2.02. The molecule has 2 heterocycles. The Morgan fingerprint density at radius 2 is 2.20 bits per heavy atom. The molecule has 0 spiro atoms. The summed E-state index contributed by atoms with van der Waals surface area (Å²) in [5, 5.41) is 13.0. The van der Waals surface area contributed by atoms with Crippen LogP contribution >= 0.6 is 0 Å². The predicted octanol–water partition coefficient (Wildman–Crippen LogP) is 2.07. The summed E-state index contributed by atoms with van der Waals surface area (Å²) < 4.78 is 1.82. The third-order valence-corrected chi connectivity index (χ3v) is 3.54. The van der Waals surface area contributed by atoms with Gasteiger partial charge in [0.15, 0.2) is 0 Å². The second-order valence-corrected chi connectivity index (χ2v) is 5.19. The van der Waals surface area contributed by atoms with Crippen molar-refractivity contribution < 1.29 is 0 Å². The molecule has 0 bridgehead atoms. The van der Waals surface area contributed by atoms with Crippen molar-refractivity contribution in [3.05, 3.63) is 48.4 Å². The van der Waals surface area contributed by atoms with E-state index in [1.165, 1.54) is 12.8 Å². The van der Waals surface area contributed by atoms with Gasteiger partial charge in [0, 0.05) is 24.2 Å². The highest BCUT2D eigenvalue weighted by molar-refractivity contribution is 5.80. The summed E-state index contributed by atoms with van der Waals surface area (Å²) in [7, 11) is 0. The first-order valence-corrected chi connectivity index (χ1v) is 6.88. The van der Waals surface area contributed by atoms with E-state index in [2.05, 4.69) is 32.7 Å². The number of aromatic nitrogens is 4. The van der Waals surface area contributed by atoms with Crippen molar-refractivity contribution in [3.63, 3.8) is 0 Å². The lowest BCUT2D eigenvalue weighted by molar-refractivity contribution is 0.671. The van der Waals surface area contributed by atoms with Gasteiger partial charge >= 0.3 is 0 Å². The van der Waals surface area contributed by atoms with E-state index in [0.717, 1.165) is 28.8 Å². The molecule has 0 atom stereocenters. The summed E-state index contributed by atoms with van der Waals surface area (Å²) in [6.07, 6.45) is 6.35. The van der Waals surface area contributed by atoms with E-state index >= 15 is 0 Å². The van der Waals surface area contributed by atoms with Crippen molar-refractivity contribution >= 4 is 10.9 Å². The second-order valence-electron chi connectivity index (χ2n) is 5.19. The minimum absolute atomic E-state index is 0.687. The van der Waals surface area contributed by atoms with Gasteiger partial charge in [-0.25, -0.2) is 4.68 Å². The number of rotatable bonds is 4. The van der Waals surface area contributed by atoms with E-state index in [9.17, 15) is 0 Å². The summed E-state index contributed by atoms with van der Waals surface area (Å²) in [4.78, 5) is 4.32. The lowest BCUT2D eigenvalue weighted by Crippen LogP contribution is -2.15. The van der Waals surface area contributed by atoms with Crippen LogP contribution in [-0.2, 0) is 6.54 Å². The molecule has 20 heavy (non-hydrogen) atoms. The maximum Gasteiger partial charge on any atom is 0.0969 e. The first-order valence-electron chi connectivity index (χ1n) is 6.88. The molecule has 0 unspecified atom stereocenters. The Bertz CT molecular complexity index is 745. The Balaban J connectivity index is 1.60. The zero-order valence-corrected chi connectivity index (χ0v) is 11.0. The van der Waals surface area contributed by atoms with Crippen molar-refractivity contribution in [2.75, 3.05) is 0 Å². The van der Waals surface area contributed by atoms with Crippen LogP contribution in [0.4, 0.5) is 0 Å². The quantitative estimate of drug-likeness (QED) is 0.784. The van der Waals surface area contributed by atoms with Crippen LogP contribution < -0.4 is 5.32 Å². The van der Waals surface area contributed by atoms with Crippen molar-refractivity contribution in [3.8, 4) is 5.69 Å². The van der Waals surface area contributed by atoms with Gasteiger partial charge in [-0.3, -0.25) is 4.98 Å². The summed E-state index contributed by atoms with van der Waals surface area (Å²) in [6.45, 7) is 0.791. The molecular formula is C15H15N5. The Hall–Kier alpha value is -2.27. The lowest BCUT2D eigenvalue weighted by atomic mass is 10.2. The molecule has 1 fully saturated rings. The van der Waals surface area contributed by atoms with E-state index in [1.54, 1.807) is 6.20 Å². The van der Waals surface area contributed by atoms with E-state index in [0.29, 0.717) is 6.04 Å². The molecule has 0 aliphatic heterocycles. The predicted molar refractivity (Wildman–Crippen MR) is 76.5 cm³/mol. The maximum absolute atomic E-state index is 4.32. The molecular weight excluding hydrogens is 250 g/mol. The molecule has 0 radical (unpaired) electrons. The number of fused-ring (bicyclic) bond motifs is 1. The molecule has 2 aromatic heterocycles. The van der Waals surface area contributed by atoms with Gasteiger partial charge in [-0.2, -0.15) is 0 Å². The molecule has 0 saturated heterocycles. The number of benzene rings is 1. The molecule has 100 valence electrons. The topological polar surface area (TPSA) is 55.6 Å². The first-order chi connectivity index (χ1) is 9.88. The molecule has 5 nitrogen and oxygen atoms in total. The Morgan fingerprint density at radius 3 is 3.10 bits per heavy atom. The highest BCUT2D eigenvalue weighted by atomic mass is 15.4. The molecule has 4 rings (SSSR count). The number of pyridine rings is 1. The summed E-state index contributed by atoms with van der Waals surface area (Å²) in [5.41, 5.74) is 2.98. The number of hydrogen-bond donors (Lipinski definition) is 1. The molecule has 1 aliphatic carbocycles. The van der Waals surface area contributed by atoms with Crippen molar-refractivity contribution in [2.45, 2.75) is 25.4 Å². The van der Waals surface area contributed by atoms with Gasteiger partial charge in [0.25, 0.3) is 0 Å². The standard InChI is InChI=1S/C15H15N5/c1-2-11-8-14(5-6-15(11)16-7-1)20-10-13(18-19-20)9-17-12-3-4-12/h1-2,5-8,10,12,17H,3-4,9H2. The van der Waals surface area contributed by atoms with Gasteiger partial charge in [-0.15, -0.1) is 5.10 Å². The highest BCUT2D eigenvalue weighted by Gasteiger charge is 2.20. The van der Waals surface area contributed by atoms with Gasteiger partial charge in [0.1, 0.15) is 0 Å². The Morgan fingerprint density at radius 1 is 1.25 bits per heavy atom. The molecule has 1 saturated carbocycles. The average molecular weight is 265 g/mol. The molecule has 5 heteroatoms. The highest BCUT2D eigenvalue weighted by Crippen LogP contribution is 2.19. The minimum Gasteiger partial charge on any atom is -0.308 e. The van der Waals surface area contributed by atoms with Crippen LogP contribution in [0.25, 0.3) is 16.6 Å². The fourth-order valence-electron chi connectivity index (χ4n) is 2.25. The normalized spacial score (nSPS) is 14.8. The third-order valence-electron chi connectivity index (χ3n) is 3.54. The Labute approximate surface area is 116 Å². The minimum atomic E-state index is 0.687. The third kappa shape index (κ3) is 2.28. The van der Waals surface area contributed by atoms with Crippen LogP contribution in [0.15, 0.2) is 42.7 Å². The fraction of sp³-hybridized carbons (Fsp3) is 0.267. The van der Waals surface area contributed by atoms with Gasteiger partial charge in [-0.1, -0.05) is 11.3 Å². The zero-order chi connectivity index (χ0) is 13.4. The smallest absolute Gasteiger partial charge is 0.0969 e. The van der Waals surface area contributed by atoms with Crippen LogP contribution in [0.3, 0.4) is 0 Å². The van der Waals surface area contributed by atoms with Crippen LogP contribution in [0.5, 0.6) is 0 Å². The van der Waals surface area contributed by atoms with Gasteiger partial charge < -0.3 is 5.32 Å². The average Bonchev–Trinajstić information content (AvgIpc) is 3.21. The van der Waals surface area contributed by atoms with E-state index < -0.39 is 0 Å². The summed E-state index contributed by atoms with van der Waals surface area (Å²) in [6, 6.07) is 10.8. The molecule has 1 aromatic carbocycles. The van der Waals surface area contributed by atoms with Crippen molar-refractivity contribution in [2.24, 2.45) is 0 Å². The molecule has 0 amide bonds. The Kier molecular flexibility index (Phi) is 2.70. The van der Waals surface area contributed by atoms with Gasteiger partial charge in [0.05, 0.1) is 23.1 Å². The van der Waals surface area contributed by atoms with E-state index in [1.807, 2.05) is 29.1 Å². The largest absolute Gasteiger partial charge is 0.308 e. The van der Waals surface area contributed by atoms with Crippen LogP contribution in [0.2, 0.25) is 0 Å². The first kappa shape index (κ1) is 11.5. The zero-order valence-electron chi connectivity index (χ0n) is 11.0. The van der Waals surface area contributed by atoms with Gasteiger partial charge in [0.2, 0.25) is 0 Å². The van der Waals surface area contributed by atoms with Gasteiger partial charge in [-0.05, 0) is 37.1 Å². The fourth-order valence-corrected chi connectivity index (χ4v) is 2.25. The van der Waals surface area contributed by atoms with Crippen LogP contribution in [0, 0.1) is 0 Å². The number of nitrogens with one attached hydrogen (secondary N) is 1. The second kappa shape index (κ2) is 4.68. The van der Waals surface area contributed by atoms with Crippen LogP contribution in [-0.4, -0.2) is 26.0 Å². The summed E-state index contributed by atoms with van der Waals surface area (Å²) >= 11 is 0. The van der Waals surface area contributed by atoms with Crippen molar-refractivity contribution in [1.29, 1.82) is 0 Å². The maximum atomic E-state index is 4.32. The number of hydrogen-bond acceptors (Lipinski definition) is 4. The molecule has 1 aliphatic rings.